The van der Waals surface area contributed by atoms with E-state index in [-0.39, 0.29) is 0 Å². The van der Waals surface area contributed by atoms with E-state index in [1.54, 1.807) is 0 Å². The van der Waals surface area contributed by atoms with Crippen LogP contribution in [0.5, 0.6) is 0 Å². The summed E-state index contributed by atoms with van der Waals surface area (Å²) in [5, 5.41) is 1.37. The molecule has 0 spiro atoms. The van der Waals surface area contributed by atoms with E-state index in [1.807, 2.05) is 0 Å². The molecule has 0 saturated heterocycles. The quantitative estimate of drug-likeness (QED) is 0.468. The molecule has 1 aliphatic carbocycles. The first-order valence-electron chi connectivity index (χ1n) is 2.93. The van der Waals surface area contributed by atoms with Gasteiger partial charge in [-0.25, -0.2) is 0 Å². The molecule has 0 N–H and O–H groups in total. The fourth-order valence-electron chi connectivity index (χ4n) is 0.960. The average molecular weight is 152 g/mol. The van der Waals surface area contributed by atoms with Gasteiger partial charge < -0.3 is 0 Å². The monoisotopic (exact) mass is 151 g/mol. The molecule has 1 rings (SSSR count). The Balaban J connectivity index is 2.23. The molecule has 47 valence electrons. The molecule has 0 amide bonds. The molecule has 2 heteroatoms. The van der Waals surface area contributed by atoms with Gasteiger partial charge in [0.2, 0.25) is 0 Å². The van der Waals surface area contributed by atoms with Crippen molar-refractivity contribution in [2.75, 3.05) is 0 Å². The van der Waals surface area contributed by atoms with E-state index in [0.717, 1.165) is 24.6 Å². The van der Waals surface area contributed by atoms with Crippen LogP contribution in [0, 0.1) is 5.38 Å². The van der Waals surface area contributed by atoms with Crippen molar-refractivity contribution in [3.63, 3.8) is 0 Å². The van der Waals surface area contributed by atoms with Gasteiger partial charge in [-0.15, -0.1) is 23.2 Å². The zero-order valence-electron chi connectivity index (χ0n) is 4.66. The van der Waals surface area contributed by atoms with E-state index in [0.29, 0.717) is 5.38 Å². The first kappa shape index (κ1) is 6.70. The number of hydrogen-bond donors (Lipinski definition) is 0. The summed E-state index contributed by atoms with van der Waals surface area (Å²) < 4.78 is 0. The number of rotatable bonds is 0. The van der Waals surface area contributed by atoms with Gasteiger partial charge in [-0.3, -0.25) is 0 Å². The molecule has 1 atom stereocenters. The van der Waals surface area contributed by atoms with Crippen molar-refractivity contribution in [3.8, 4) is 0 Å². The molecule has 1 fully saturated rings. The van der Waals surface area contributed by atoms with Crippen molar-refractivity contribution in [2.45, 2.75) is 31.1 Å². The molecule has 1 aliphatic rings. The first-order valence-corrected chi connectivity index (χ1v) is 3.75. The molecule has 0 aromatic carbocycles. The van der Waals surface area contributed by atoms with Gasteiger partial charge in [0.25, 0.3) is 0 Å². The SMILES string of the molecule is Cl[C]1CCCC(Cl)C1. The van der Waals surface area contributed by atoms with Gasteiger partial charge >= 0.3 is 0 Å². The molecule has 1 radical (unpaired) electrons. The Hall–Kier alpha value is 0.580. The van der Waals surface area contributed by atoms with E-state index >= 15 is 0 Å². The highest BCUT2D eigenvalue weighted by Gasteiger charge is 2.17. The van der Waals surface area contributed by atoms with Crippen LogP contribution >= 0.6 is 23.2 Å². The van der Waals surface area contributed by atoms with Crippen LogP contribution in [0.2, 0.25) is 0 Å². The number of hydrogen-bond acceptors (Lipinski definition) is 0. The van der Waals surface area contributed by atoms with Crippen molar-refractivity contribution in [2.24, 2.45) is 0 Å². The third-order valence-electron chi connectivity index (χ3n) is 1.41. The van der Waals surface area contributed by atoms with Gasteiger partial charge in [0.1, 0.15) is 0 Å². The zero-order chi connectivity index (χ0) is 5.98. The Kier molecular flexibility index (Phi) is 2.45. The van der Waals surface area contributed by atoms with Crippen molar-refractivity contribution < 1.29 is 0 Å². The Bertz CT molecular complexity index is 64.9. The Labute approximate surface area is 60.2 Å². The van der Waals surface area contributed by atoms with E-state index < -0.39 is 0 Å². The van der Waals surface area contributed by atoms with Gasteiger partial charge in [-0.2, -0.15) is 0 Å². The summed E-state index contributed by atoms with van der Waals surface area (Å²) in [6.45, 7) is 0. The molecule has 1 saturated carbocycles. The second kappa shape index (κ2) is 2.93. The molecule has 0 bridgehead atoms. The summed E-state index contributed by atoms with van der Waals surface area (Å²) >= 11 is 11.5. The summed E-state index contributed by atoms with van der Waals surface area (Å²) in [4.78, 5) is 0. The van der Waals surface area contributed by atoms with Crippen molar-refractivity contribution in [1.82, 2.24) is 0 Å². The van der Waals surface area contributed by atoms with E-state index in [9.17, 15) is 0 Å². The smallest absolute Gasteiger partial charge is 0.0652 e. The third kappa shape index (κ3) is 1.83. The zero-order valence-corrected chi connectivity index (χ0v) is 6.17. The molecule has 0 aromatic rings. The summed E-state index contributed by atoms with van der Waals surface area (Å²) in [7, 11) is 0. The average Bonchev–Trinajstić information content (AvgIpc) is 1.64. The van der Waals surface area contributed by atoms with Gasteiger partial charge in [0.05, 0.1) is 5.38 Å². The highest BCUT2D eigenvalue weighted by Crippen LogP contribution is 2.31. The molecule has 0 aliphatic heterocycles. The molecule has 0 nitrogen and oxygen atoms in total. The van der Waals surface area contributed by atoms with Crippen LogP contribution in [0.4, 0.5) is 0 Å². The minimum Gasteiger partial charge on any atom is -0.123 e. The lowest BCUT2D eigenvalue weighted by molar-refractivity contribution is 0.583. The Morgan fingerprint density at radius 2 is 2.25 bits per heavy atom. The van der Waals surface area contributed by atoms with E-state index in [2.05, 4.69) is 0 Å². The molecule has 1 unspecified atom stereocenters. The molecule has 0 heterocycles. The standard InChI is InChI=1S/C6H9Cl2/c7-5-2-1-3-6(8)4-5/h5H,1-4H2. The maximum Gasteiger partial charge on any atom is 0.0652 e. The topological polar surface area (TPSA) is 0 Å². The highest BCUT2D eigenvalue weighted by molar-refractivity contribution is 6.28. The van der Waals surface area contributed by atoms with Crippen LogP contribution < -0.4 is 0 Å². The Morgan fingerprint density at radius 1 is 1.50 bits per heavy atom. The molecular formula is C6H9Cl2. The van der Waals surface area contributed by atoms with Crippen LogP contribution in [0.3, 0.4) is 0 Å². The minimum absolute atomic E-state index is 0.316. The largest absolute Gasteiger partial charge is 0.123 e. The molecular weight excluding hydrogens is 143 g/mol. The third-order valence-corrected chi connectivity index (χ3v) is 2.12. The van der Waals surface area contributed by atoms with Gasteiger partial charge in [-0.1, -0.05) is 6.42 Å². The minimum atomic E-state index is 0.316. The lowest BCUT2D eigenvalue weighted by Gasteiger charge is -2.18. The summed E-state index contributed by atoms with van der Waals surface area (Å²) in [6, 6.07) is 0. The lowest BCUT2D eigenvalue weighted by atomic mass is 10.00. The van der Waals surface area contributed by atoms with Crippen LogP contribution in [-0.2, 0) is 0 Å². The summed E-state index contributed by atoms with van der Waals surface area (Å²) in [5.41, 5.74) is 0. The maximum absolute atomic E-state index is 5.81. The predicted molar refractivity (Wildman–Crippen MR) is 37.2 cm³/mol. The second-order valence-corrected chi connectivity index (χ2v) is 3.36. The van der Waals surface area contributed by atoms with Crippen LogP contribution in [0.25, 0.3) is 0 Å². The second-order valence-electron chi connectivity index (χ2n) is 2.21. The van der Waals surface area contributed by atoms with E-state index in [4.69, 9.17) is 23.2 Å². The first-order chi connectivity index (χ1) is 3.79. The number of alkyl halides is 1. The fourth-order valence-corrected chi connectivity index (χ4v) is 1.70. The molecule has 0 aromatic heterocycles. The van der Waals surface area contributed by atoms with E-state index in [1.165, 1.54) is 6.42 Å². The van der Waals surface area contributed by atoms with Crippen molar-refractivity contribution in [3.05, 3.63) is 5.38 Å². The maximum atomic E-state index is 5.81. The summed E-state index contributed by atoms with van der Waals surface area (Å²) in [5.74, 6) is 0. The van der Waals surface area contributed by atoms with Crippen LogP contribution in [0.15, 0.2) is 0 Å². The van der Waals surface area contributed by atoms with Crippen LogP contribution in [-0.4, -0.2) is 5.38 Å². The summed E-state index contributed by atoms with van der Waals surface area (Å²) in [6.07, 6.45) is 4.30. The van der Waals surface area contributed by atoms with Crippen molar-refractivity contribution >= 4 is 23.2 Å². The predicted octanol–water partition coefficient (Wildman–Crippen LogP) is 2.94. The van der Waals surface area contributed by atoms with Crippen LogP contribution in [0.1, 0.15) is 25.7 Å². The van der Waals surface area contributed by atoms with Gasteiger partial charge in [0, 0.05) is 5.38 Å². The lowest BCUT2D eigenvalue weighted by Crippen LogP contribution is -2.08. The van der Waals surface area contributed by atoms with Gasteiger partial charge in [-0.05, 0) is 19.3 Å². The fraction of sp³-hybridized carbons (Fsp3) is 0.833. The highest BCUT2D eigenvalue weighted by atomic mass is 35.5. The normalized spacial score (nSPS) is 33.0. The number of halogens is 2. The molecule has 8 heavy (non-hydrogen) atoms. The van der Waals surface area contributed by atoms with Gasteiger partial charge in [0.15, 0.2) is 0 Å². The van der Waals surface area contributed by atoms with Crippen molar-refractivity contribution in [1.29, 1.82) is 0 Å². The Morgan fingerprint density at radius 3 is 2.62 bits per heavy atom.